The van der Waals surface area contributed by atoms with E-state index in [1.54, 1.807) is 0 Å². The standard InChI is InChI=1S/C13H16F2N4/c1-13(2,3)12-18-10(11(16)19(12)17)7-4-8(14)6-9(15)5-7/h4-6H,16-17H2,1-3H3. The van der Waals surface area contributed by atoms with Gasteiger partial charge in [0.2, 0.25) is 0 Å². The van der Waals surface area contributed by atoms with E-state index in [1.165, 1.54) is 16.8 Å². The predicted molar refractivity (Wildman–Crippen MR) is 70.8 cm³/mol. The fourth-order valence-corrected chi connectivity index (χ4v) is 1.88. The maximum atomic E-state index is 13.2. The third-order valence-electron chi connectivity index (χ3n) is 2.75. The minimum absolute atomic E-state index is 0.176. The zero-order chi connectivity index (χ0) is 14.4. The van der Waals surface area contributed by atoms with E-state index < -0.39 is 11.6 Å². The molecule has 0 aliphatic carbocycles. The number of halogens is 2. The van der Waals surface area contributed by atoms with Gasteiger partial charge in [-0.1, -0.05) is 20.8 Å². The second-order valence-electron chi connectivity index (χ2n) is 5.45. The van der Waals surface area contributed by atoms with Crippen LogP contribution in [0.2, 0.25) is 0 Å². The van der Waals surface area contributed by atoms with Crippen LogP contribution in [0.5, 0.6) is 0 Å². The van der Waals surface area contributed by atoms with Crippen LogP contribution in [-0.4, -0.2) is 9.66 Å². The van der Waals surface area contributed by atoms with Gasteiger partial charge in [-0.2, -0.15) is 0 Å². The quantitative estimate of drug-likeness (QED) is 0.779. The Morgan fingerprint density at radius 1 is 1.11 bits per heavy atom. The Balaban J connectivity index is 2.64. The second-order valence-corrected chi connectivity index (χ2v) is 5.45. The van der Waals surface area contributed by atoms with Crippen molar-refractivity contribution in [1.29, 1.82) is 0 Å². The Labute approximate surface area is 110 Å². The van der Waals surface area contributed by atoms with Crippen LogP contribution in [-0.2, 0) is 5.41 Å². The van der Waals surface area contributed by atoms with Gasteiger partial charge < -0.3 is 11.6 Å². The summed E-state index contributed by atoms with van der Waals surface area (Å²) >= 11 is 0. The first-order chi connectivity index (χ1) is 8.70. The van der Waals surface area contributed by atoms with Crippen LogP contribution < -0.4 is 11.6 Å². The Kier molecular flexibility index (Phi) is 2.96. The zero-order valence-electron chi connectivity index (χ0n) is 11.0. The average molecular weight is 266 g/mol. The number of imidazole rings is 1. The van der Waals surface area contributed by atoms with Gasteiger partial charge in [-0.3, -0.25) is 0 Å². The molecule has 0 spiro atoms. The van der Waals surface area contributed by atoms with E-state index in [2.05, 4.69) is 4.98 Å². The highest BCUT2D eigenvalue weighted by Gasteiger charge is 2.24. The Bertz CT molecular complexity index is 606. The molecule has 0 unspecified atom stereocenters. The van der Waals surface area contributed by atoms with E-state index >= 15 is 0 Å². The second kappa shape index (κ2) is 4.22. The van der Waals surface area contributed by atoms with Crippen molar-refractivity contribution in [2.75, 3.05) is 11.6 Å². The molecule has 1 aromatic carbocycles. The molecule has 0 saturated carbocycles. The largest absolute Gasteiger partial charge is 0.382 e. The summed E-state index contributed by atoms with van der Waals surface area (Å²) in [6, 6.07) is 3.15. The summed E-state index contributed by atoms with van der Waals surface area (Å²) in [4.78, 5) is 4.31. The molecular weight excluding hydrogens is 250 g/mol. The van der Waals surface area contributed by atoms with Crippen molar-refractivity contribution in [2.24, 2.45) is 0 Å². The maximum Gasteiger partial charge on any atom is 0.150 e. The summed E-state index contributed by atoms with van der Waals surface area (Å²) < 4.78 is 27.7. The lowest BCUT2D eigenvalue weighted by Gasteiger charge is -2.17. The maximum absolute atomic E-state index is 13.2. The van der Waals surface area contributed by atoms with E-state index in [-0.39, 0.29) is 22.5 Å². The summed E-state index contributed by atoms with van der Waals surface area (Å²) in [5, 5.41) is 0. The van der Waals surface area contributed by atoms with Crippen LogP contribution in [0, 0.1) is 11.6 Å². The Morgan fingerprint density at radius 2 is 1.63 bits per heavy atom. The molecule has 0 fully saturated rings. The van der Waals surface area contributed by atoms with Gasteiger partial charge in [0.05, 0.1) is 0 Å². The van der Waals surface area contributed by atoms with Crippen LogP contribution in [0.3, 0.4) is 0 Å². The number of benzene rings is 1. The summed E-state index contributed by atoms with van der Waals surface area (Å²) in [5.41, 5.74) is 6.09. The van der Waals surface area contributed by atoms with Gasteiger partial charge in [0, 0.05) is 17.0 Å². The van der Waals surface area contributed by atoms with E-state index in [1.807, 2.05) is 20.8 Å². The molecule has 19 heavy (non-hydrogen) atoms. The molecule has 0 aliphatic rings. The van der Waals surface area contributed by atoms with E-state index in [9.17, 15) is 8.78 Å². The minimum atomic E-state index is -0.682. The molecule has 4 nitrogen and oxygen atoms in total. The first-order valence-corrected chi connectivity index (χ1v) is 5.80. The van der Waals surface area contributed by atoms with Crippen LogP contribution >= 0.6 is 0 Å². The van der Waals surface area contributed by atoms with Crippen molar-refractivity contribution in [1.82, 2.24) is 9.66 Å². The predicted octanol–water partition coefficient (Wildman–Crippen LogP) is 2.42. The molecule has 0 saturated heterocycles. The van der Waals surface area contributed by atoms with Gasteiger partial charge >= 0.3 is 0 Å². The molecule has 1 heterocycles. The molecule has 102 valence electrons. The van der Waals surface area contributed by atoms with Gasteiger partial charge in [0.15, 0.2) is 5.82 Å². The molecule has 0 radical (unpaired) electrons. The smallest absolute Gasteiger partial charge is 0.150 e. The number of nitrogen functional groups attached to an aromatic ring is 2. The van der Waals surface area contributed by atoms with E-state index in [0.29, 0.717) is 5.82 Å². The van der Waals surface area contributed by atoms with Crippen LogP contribution in [0.4, 0.5) is 14.6 Å². The summed E-state index contributed by atoms with van der Waals surface area (Å²) in [5.74, 6) is 5.20. The first kappa shape index (κ1) is 13.3. The molecule has 4 N–H and O–H groups in total. The van der Waals surface area contributed by atoms with E-state index in [4.69, 9.17) is 11.6 Å². The molecule has 2 aromatic rings. The lowest BCUT2D eigenvalue weighted by molar-refractivity contribution is 0.532. The fraction of sp³-hybridized carbons (Fsp3) is 0.308. The van der Waals surface area contributed by atoms with Gasteiger partial charge in [0.25, 0.3) is 0 Å². The summed E-state index contributed by atoms with van der Waals surface area (Å²) in [6.45, 7) is 5.77. The minimum Gasteiger partial charge on any atom is -0.382 e. The first-order valence-electron chi connectivity index (χ1n) is 5.80. The average Bonchev–Trinajstić information content (AvgIpc) is 2.54. The Hall–Kier alpha value is -2.11. The molecule has 0 atom stereocenters. The molecule has 1 aromatic heterocycles. The van der Waals surface area contributed by atoms with Crippen LogP contribution in [0.1, 0.15) is 26.6 Å². The van der Waals surface area contributed by atoms with Gasteiger partial charge in [-0.25, -0.2) is 18.4 Å². The number of hydrogen-bond acceptors (Lipinski definition) is 3. The third-order valence-corrected chi connectivity index (χ3v) is 2.75. The number of nitrogens with two attached hydrogens (primary N) is 2. The molecule has 0 amide bonds. The monoisotopic (exact) mass is 266 g/mol. The van der Waals surface area contributed by atoms with Gasteiger partial charge in [0.1, 0.15) is 23.2 Å². The van der Waals surface area contributed by atoms with Gasteiger partial charge in [-0.15, -0.1) is 0 Å². The molecule has 0 bridgehead atoms. The van der Waals surface area contributed by atoms with Crippen molar-refractivity contribution in [3.8, 4) is 11.3 Å². The van der Waals surface area contributed by atoms with Crippen molar-refractivity contribution < 1.29 is 8.78 Å². The van der Waals surface area contributed by atoms with Crippen LogP contribution in [0.15, 0.2) is 18.2 Å². The topological polar surface area (TPSA) is 69.9 Å². The molecule has 2 rings (SSSR count). The number of anilines is 1. The highest BCUT2D eigenvalue weighted by Crippen LogP contribution is 2.30. The van der Waals surface area contributed by atoms with Crippen molar-refractivity contribution in [2.45, 2.75) is 26.2 Å². The normalized spacial score (nSPS) is 11.8. The summed E-state index contributed by atoms with van der Waals surface area (Å²) in [6.07, 6.45) is 0. The lowest BCUT2D eigenvalue weighted by atomic mass is 9.96. The summed E-state index contributed by atoms with van der Waals surface area (Å²) in [7, 11) is 0. The molecule has 0 aliphatic heterocycles. The molecular formula is C13H16F2N4. The van der Waals surface area contributed by atoms with Gasteiger partial charge in [-0.05, 0) is 12.1 Å². The van der Waals surface area contributed by atoms with Crippen molar-refractivity contribution in [3.63, 3.8) is 0 Å². The number of hydrogen-bond donors (Lipinski definition) is 2. The lowest BCUT2D eigenvalue weighted by Crippen LogP contribution is -2.24. The Morgan fingerprint density at radius 3 is 2.05 bits per heavy atom. The van der Waals surface area contributed by atoms with Crippen LogP contribution in [0.25, 0.3) is 11.3 Å². The SMILES string of the molecule is CC(C)(C)c1nc(-c2cc(F)cc(F)c2)c(N)n1N. The fourth-order valence-electron chi connectivity index (χ4n) is 1.88. The highest BCUT2D eigenvalue weighted by molar-refractivity contribution is 5.71. The molecule has 6 heteroatoms. The van der Waals surface area contributed by atoms with Crippen molar-refractivity contribution >= 4 is 5.82 Å². The highest BCUT2D eigenvalue weighted by atomic mass is 19.1. The van der Waals surface area contributed by atoms with E-state index in [0.717, 1.165) is 6.07 Å². The van der Waals surface area contributed by atoms with Crippen molar-refractivity contribution in [3.05, 3.63) is 35.7 Å². The third kappa shape index (κ3) is 2.38. The zero-order valence-corrected chi connectivity index (χ0v) is 11.0. The number of nitrogens with zero attached hydrogens (tertiary/aromatic N) is 2. The number of rotatable bonds is 1. The number of aromatic nitrogens is 2.